The van der Waals surface area contributed by atoms with Crippen molar-refractivity contribution in [3.63, 3.8) is 0 Å². The van der Waals surface area contributed by atoms with Crippen LogP contribution >= 0.6 is 11.8 Å². The molecule has 25 heavy (non-hydrogen) atoms. The number of benzene rings is 2. The summed E-state index contributed by atoms with van der Waals surface area (Å²) in [7, 11) is 0. The van der Waals surface area contributed by atoms with Crippen molar-refractivity contribution in [3.8, 4) is 17.2 Å². The van der Waals surface area contributed by atoms with Crippen molar-refractivity contribution in [1.82, 2.24) is 14.8 Å². The molecule has 1 aliphatic heterocycles. The molecule has 0 bridgehead atoms. The third-order valence-corrected chi connectivity index (χ3v) is 5.27. The number of para-hydroxylation sites is 1. The van der Waals surface area contributed by atoms with Crippen LogP contribution in [0.1, 0.15) is 30.1 Å². The van der Waals surface area contributed by atoms with E-state index in [1.165, 1.54) is 18.4 Å². The highest BCUT2D eigenvalue weighted by Crippen LogP contribution is 2.41. The summed E-state index contributed by atoms with van der Waals surface area (Å²) < 4.78 is 12.8. The number of fused-ring (bicyclic) bond motifs is 1. The molecular formula is C19H17N3O2S. The fourth-order valence-electron chi connectivity index (χ4n) is 2.91. The molecular weight excluding hydrogens is 334 g/mol. The van der Waals surface area contributed by atoms with Gasteiger partial charge in [0.05, 0.1) is 5.69 Å². The molecule has 0 atom stereocenters. The van der Waals surface area contributed by atoms with Crippen LogP contribution in [0.15, 0.2) is 53.7 Å². The zero-order valence-electron chi connectivity index (χ0n) is 13.6. The molecule has 0 N–H and O–H groups in total. The van der Waals surface area contributed by atoms with E-state index >= 15 is 0 Å². The molecule has 2 heterocycles. The van der Waals surface area contributed by atoms with Crippen molar-refractivity contribution >= 4 is 11.8 Å². The minimum Gasteiger partial charge on any atom is -0.454 e. The Morgan fingerprint density at radius 1 is 1.04 bits per heavy atom. The minimum atomic E-state index is 0.305. The summed E-state index contributed by atoms with van der Waals surface area (Å²) in [5.74, 6) is 4.07. The van der Waals surface area contributed by atoms with Gasteiger partial charge in [0.25, 0.3) is 0 Å². The summed E-state index contributed by atoms with van der Waals surface area (Å²) in [4.78, 5) is 4.80. The number of thioether (sulfide) groups is 1. The molecule has 5 nitrogen and oxygen atoms in total. The van der Waals surface area contributed by atoms with Crippen LogP contribution in [0.2, 0.25) is 0 Å². The summed E-state index contributed by atoms with van der Waals surface area (Å²) >= 11 is 1.65. The molecule has 0 amide bonds. The predicted octanol–water partition coefficient (Wildman–Crippen LogP) is 4.17. The first-order valence-electron chi connectivity index (χ1n) is 8.40. The molecule has 2 aliphatic rings. The van der Waals surface area contributed by atoms with E-state index in [-0.39, 0.29) is 0 Å². The lowest BCUT2D eigenvalue weighted by Crippen LogP contribution is -2.01. The summed E-state index contributed by atoms with van der Waals surface area (Å²) in [5.41, 5.74) is 2.25. The van der Waals surface area contributed by atoms with Gasteiger partial charge >= 0.3 is 0 Å². The molecule has 6 heteroatoms. The van der Waals surface area contributed by atoms with E-state index in [2.05, 4.69) is 18.2 Å². The molecule has 1 saturated carbocycles. The summed E-state index contributed by atoms with van der Waals surface area (Å²) in [6, 6.07) is 16.3. The SMILES string of the molecule is c1ccc(-n2nc(SCc3ccc4c(c3)OCO4)nc2C2CC2)cc1. The molecule has 1 aromatic heterocycles. The Kier molecular flexibility index (Phi) is 3.63. The van der Waals surface area contributed by atoms with E-state index in [1.807, 2.05) is 35.0 Å². The van der Waals surface area contributed by atoms with Gasteiger partial charge in [0.15, 0.2) is 11.5 Å². The first-order chi connectivity index (χ1) is 12.4. The highest BCUT2D eigenvalue weighted by molar-refractivity contribution is 7.98. The number of nitrogens with zero attached hydrogens (tertiary/aromatic N) is 3. The Morgan fingerprint density at radius 2 is 1.88 bits per heavy atom. The van der Waals surface area contributed by atoms with Crippen LogP contribution in [0.3, 0.4) is 0 Å². The third kappa shape index (κ3) is 2.98. The Balaban J connectivity index is 1.37. The van der Waals surface area contributed by atoms with Gasteiger partial charge in [0.1, 0.15) is 5.82 Å². The maximum absolute atomic E-state index is 5.45. The van der Waals surface area contributed by atoms with E-state index in [0.29, 0.717) is 12.7 Å². The predicted molar refractivity (Wildman–Crippen MR) is 95.5 cm³/mol. The van der Waals surface area contributed by atoms with E-state index in [4.69, 9.17) is 19.6 Å². The second-order valence-corrected chi connectivity index (χ2v) is 7.19. The molecule has 1 aliphatic carbocycles. The third-order valence-electron chi connectivity index (χ3n) is 4.36. The smallest absolute Gasteiger partial charge is 0.231 e. The van der Waals surface area contributed by atoms with E-state index in [0.717, 1.165) is 33.9 Å². The lowest BCUT2D eigenvalue weighted by atomic mass is 10.2. The van der Waals surface area contributed by atoms with E-state index in [1.54, 1.807) is 11.8 Å². The number of aromatic nitrogens is 3. The zero-order valence-corrected chi connectivity index (χ0v) is 14.4. The second kappa shape index (κ2) is 6.11. The maximum atomic E-state index is 5.45. The molecule has 1 fully saturated rings. The highest BCUT2D eigenvalue weighted by Gasteiger charge is 2.30. The number of ether oxygens (including phenoxy) is 2. The molecule has 0 saturated heterocycles. The Morgan fingerprint density at radius 3 is 2.72 bits per heavy atom. The zero-order chi connectivity index (χ0) is 16.6. The molecule has 0 unspecified atom stereocenters. The fraction of sp³-hybridized carbons (Fsp3) is 0.263. The first kappa shape index (κ1) is 14.8. The van der Waals surface area contributed by atoms with Gasteiger partial charge in [0.2, 0.25) is 11.9 Å². The van der Waals surface area contributed by atoms with Gasteiger partial charge in [0, 0.05) is 11.7 Å². The van der Waals surface area contributed by atoms with Crippen LogP contribution in [0, 0.1) is 0 Å². The average Bonchev–Trinajstić information content (AvgIpc) is 3.24. The van der Waals surface area contributed by atoms with Crippen LogP contribution in [0.5, 0.6) is 11.5 Å². The van der Waals surface area contributed by atoms with Crippen molar-refractivity contribution < 1.29 is 9.47 Å². The van der Waals surface area contributed by atoms with Crippen molar-refractivity contribution in [1.29, 1.82) is 0 Å². The number of rotatable bonds is 5. The van der Waals surface area contributed by atoms with Crippen LogP contribution in [-0.4, -0.2) is 21.6 Å². The van der Waals surface area contributed by atoms with Crippen molar-refractivity contribution in [2.24, 2.45) is 0 Å². The molecule has 3 aromatic rings. The molecule has 126 valence electrons. The fourth-order valence-corrected chi connectivity index (χ4v) is 3.68. The topological polar surface area (TPSA) is 49.2 Å². The monoisotopic (exact) mass is 351 g/mol. The van der Waals surface area contributed by atoms with Crippen molar-refractivity contribution in [2.75, 3.05) is 6.79 Å². The molecule has 0 radical (unpaired) electrons. The maximum Gasteiger partial charge on any atom is 0.231 e. The van der Waals surface area contributed by atoms with Gasteiger partial charge in [-0.1, -0.05) is 36.0 Å². The van der Waals surface area contributed by atoms with E-state index in [9.17, 15) is 0 Å². The van der Waals surface area contributed by atoms with Crippen molar-refractivity contribution in [2.45, 2.75) is 29.7 Å². The van der Waals surface area contributed by atoms with Crippen LogP contribution in [0.25, 0.3) is 5.69 Å². The van der Waals surface area contributed by atoms with Crippen LogP contribution < -0.4 is 9.47 Å². The standard InChI is InChI=1S/C19H17N3O2S/c1-2-4-15(5-3-1)22-18(14-7-8-14)20-19(21-22)25-11-13-6-9-16-17(10-13)24-12-23-16/h1-6,9-10,14H,7-8,11-12H2. The normalized spacial score (nSPS) is 15.5. The Bertz CT molecular complexity index is 906. The van der Waals surface area contributed by atoms with Crippen LogP contribution in [-0.2, 0) is 5.75 Å². The molecule has 2 aromatic carbocycles. The molecule has 5 rings (SSSR count). The van der Waals surface area contributed by atoms with Gasteiger partial charge in [-0.05, 0) is 42.7 Å². The Labute approximate surface area is 150 Å². The van der Waals surface area contributed by atoms with Gasteiger partial charge in [-0.2, -0.15) is 0 Å². The largest absolute Gasteiger partial charge is 0.454 e. The van der Waals surface area contributed by atoms with Gasteiger partial charge < -0.3 is 9.47 Å². The van der Waals surface area contributed by atoms with Gasteiger partial charge in [-0.15, -0.1) is 5.10 Å². The lowest BCUT2D eigenvalue weighted by molar-refractivity contribution is 0.174. The van der Waals surface area contributed by atoms with Crippen molar-refractivity contribution in [3.05, 3.63) is 59.9 Å². The summed E-state index contributed by atoms with van der Waals surface area (Å²) in [5, 5.41) is 5.56. The lowest BCUT2D eigenvalue weighted by Gasteiger charge is -2.03. The number of hydrogen-bond acceptors (Lipinski definition) is 5. The molecule has 0 spiro atoms. The first-order valence-corrected chi connectivity index (χ1v) is 9.39. The minimum absolute atomic E-state index is 0.305. The van der Waals surface area contributed by atoms with Gasteiger partial charge in [-0.25, -0.2) is 9.67 Å². The quantitative estimate of drug-likeness (QED) is 0.646. The Hall–Kier alpha value is -2.47. The summed E-state index contributed by atoms with van der Waals surface area (Å²) in [6.07, 6.45) is 2.41. The van der Waals surface area contributed by atoms with E-state index < -0.39 is 0 Å². The number of hydrogen-bond donors (Lipinski definition) is 0. The van der Waals surface area contributed by atoms with Crippen LogP contribution in [0.4, 0.5) is 0 Å². The summed E-state index contributed by atoms with van der Waals surface area (Å²) in [6.45, 7) is 0.305. The van der Waals surface area contributed by atoms with Gasteiger partial charge in [-0.3, -0.25) is 0 Å². The highest BCUT2D eigenvalue weighted by atomic mass is 32.2. The second-order valence-electron chi connectivity index (χ2n) is 6.25. The average molecular weight is 351 g/mol.